The van der Waals surface area contributed by atoms with Crippen molar-refractivity contribution in [3.05, 3.63) is 36.2 Å². The lowest BCUT2D eigenvalue weighted by Gasteiger charge is -2.11. The van der Waals surface area contributed by atoms with Gasteiger partial charge in [-0.05, 0) is 18.6 Å². The SMILES string of the molecule is CCCCNC(=O)c1cnc(Nc2ccc(OC)cc2OC)nc1. The molecule has 0 aliphatic heterocycles. The minimum absolute atomic E-state index is 0.169. The van der Waals surface area contributed by atoms with E-state index >= 15 is 0 Å². The average Bonchev–Trinajstić information content (AvgIpc) is 2.62. The van der Waals surface area contributed by atoms with Crippen LogP contribution in [0.25, 0.3) is 0 Å². The van der Waals surface area contributed by atoms with Crippen LogP contribution in [0.2, 0.25) is 0 Å². The molecule has 2 aromatic rings. The molecule has 0 saturated carbocycles. The molecule has 0 saturated heterocycles. The van der Waals surface area contributed by atoms with Crippen molar-refractivity contribution < 1.29 is 14.3 Å². The molecule has 0 radical (unpaired) electrons. The Labute approximate surface area is 141 Å². The molecular formula is C17H22N4O3. The number of hydrogen-bond donors (Lipinski definition) is 2. The molecule has 0 unspecified atom stereocenters. The normalized spacial score (nSPS) is 10.1. The number of methoxy groups -OCH3 is 2. The molecule has 0 bridgehead atoms. The van der Waals surface area contributed by atoms with Crippen LogP contribution >= 0.6 is 0 Å². The first kappa shape index (κ1) is 17.5. The standard InChI is InChI=1S/C17H22N4O3/c1-4-5-8-18-16(22)12-10-19-17(20-11-12)21-14-7-6-13(23-2)9-15(14)24-3/h6-7,9-11H,4-5,8H2,1-3H3,(H,18,22)(H,19,20,21). The molecule has 2 N–H and O–H groups in total. The number of unbranched alkanes of at least 4 members (excludes halogenated alkanes) is 1. The number of ether oxygens (including phenoxy) is 2. The number of rotatable bonds is 8. The Morgan fingerprint density at radius 3 is 2.54 bits per heavy atom. The lowest BCUT2D eigenvalue weighted by molar-refractivity contribution is 0.0952. The van der Waals surface area contributed by atoms with Gasteiger partial charge in [0.15, 0.2) is 0 Å². The topological polar surface area (TPSA) is 85.4 Å². The van der Waals surface area contributed by atoms with E-state index in [0.717, 1.165) is 12.8 Å². The van der Waals surface area contributed by atoms with E-state index in [-0.39, 0.29) is 5.91 Å². The highest BCUT2D eigenvalue weighted by Crippen LogP contribution is 2.30. The maximum absolute atomic E-state index is 11.9. The molecule has 1 heterocycles. The van der Waals surface area contributed by atoms with E-state index in [0.29, 0.717) is 35.2 Å². The van der Waals surface area contributed by atoms with Crippen molar-refractivity contribution >= 4 is 17.5 Å². The van der Waals surface area contributed by atoms with Crippen LogP contribution in [-0.4, -0.2) is 36.6 Å². The number of anilines is 2. The van der Waals surface area contributed by atoms with Crippen LogP contribution in [0.15, 0.2) is 30.6 Å². The predicted molar refractivity (Wildman–Crippen MR) is 92.1 cm³/mol. The Bertz CT molecular complexity index is 674. The lowest BCUT2D eigenvalue weighted by Crippen LogP contribution is -2.24. The molecule has 1 aromatic heterocycles. The van der Waals surface area contributed by atoms with Gasteiger partial charge in [-0.2, -0.15) is 0 Å². The summed E-state index contributed by atoms with van der Waals surface area (Å²) >= 11 is 0. The second-order valence-electron chi connectivity index (χ2n) is 5.10. The van der Waals surface area contributed by atoms with Gasteiger partial charge in [-0.25, -0.2) is 9.97 Å². The van der Waals surface area contributed by atoms with Crippen molar-refractivity contribution in [2.75, 3.05) is 26.1 Å². The summed E-state index contributed by atoms with van der Waals surface area (Å²) in [5.41, 5.74) is 1.14. The molecule has 7 nitrogen and oxygen atoms in total. The summed E-state index contributed by atoms with van der Waals surface area (Å²) in [4.78, 5) is 20.3. The number of amides is 1. The second-order valence-corrected chi connectivity index (χ2v) is 5.10. The van der Waals surface area contributed by atoms with Crippen molar-refractivity contribution in [3.63, 3.8) is 0 Å². The van der Waals surface area contributed by atoms with E-state index in [4.69, 9.17) is 9.47 Å². The third-order valence-electron chi connectivity index (χ3n) is 3.39. The maximum atomic E-state index is 11.9. The molecule has 0 atom stereocenters. The Morgan fingerprint density at radius 2 is 1.92 bits per heavy atom. The predicted octanol–water partition coefficient (Wildman–Crippen LogP) is 2.77. The Morgan fingerprint density at radius 1 is 1.17 bits per heavy atom. The third kappa shape index (κ3) is 4.58. The highest BCUT2D eigenvalue weighted by Gasteiger charge is 2.09. The first-order valence-corrected chi connectivity index (χ1v) is 7.77. The second kappa shape index (κ2) is 8.71. The number of nitrogens with one attached hydrogen (secondary N) is 2. The van der Waals surface area contributed by atoms with Crippen molar-refractivity contribution in [2.24, 2.45) is 0 Å². The monoisotopic (exact) mass is 330 g/mol. The zero-order valence-electron chi connectivity index (χ0n) is 14.1. The van der Waals surface area contributed by atoms with Crippen LogP contribution in [0, 0.1) is 0 Å². The summed E-state index contributed by atoms with van der Waals surface area (Å²) in [6.07, 6.45) is 4.96. The van der Waals surface area contributed by atoms with E-state index in [1.165, 1.54) is 12.4 Å². The van der Waals surface area contributed by atoms with Crippen molar-refractivity contribution in [3.8, 4) is 11.5 Å². The summed E-state index contributed by atoms with van der Waals surface area (Å²) < 4.78 is 10.5. The summed E-state index contributed by atoms with van der Waals surface area (Å²) in [7, 11) is 3.17. The molecule has 7 heteroatoms. The van der Waals surface area contributed by atoms with Gasteiger partial charge in [-0.15, -0.1) is 0 Å². The van der Waals surface area contributed by atoms with E-state index in [9.17, 15) is 4.79 Å². The first-order chi connectivity index (χ1) is 11.7. The molecule has 1 amide bonds. The van der Waals surface area contributed by atoms with Crippen LogP contribution < -0.4 is 20.1 Å². The minimum Gasteiger partial charge on any atom is -0.497 e. The summed E-state index contributed by atoms with van der Waals surface area (Å²) in [6.45, 7) is 2.72. The number of benzene rings is 1. The lowest BCUT2D eigenvalue weighted by atomic mass is 10.2. The minimum atomic E-state index is -0.169. The molecule has 0 aliphatic carbocycles. The van der Waals surface area contributed by atoms with Crippen LogP contribution in [0.5, 0.6) is 11.5 Å². The number of nitrogens with zero attached hydrogens (tertiary/aromatic N) is 2. The Balaban J connectivity index is 2.05. The quantitative estimate of drug-likeness (QED) is 0.724. The van der Waals surface area contributed by atoms with Crippen LogP contribution in [0.3, 0.4) is 0 Å². The molecule has 1 aromatic carbocycles. The molecule has 128 valence electrons. The van der Waals surface area contributed by atoms with Crippen molar-refractivity contribution in [1.82, 2.24) is 15.3 Å². The molecular weight excluding hydrogens is 308 g/mol. The van der Waals surface area contributed by atoms with E-state index < -0.39 is 0 Å². The van der Waals surface area contributed by atoms with E-state index in [1.54, 1.807) is 26.4 Å². The Kier molecular flexibility index (Phi) is 6.36. The van der Waals surface area contributed by atoms with Gasteiger partial charge in [0.1, 0.15) is 11.5 Å². The summed E-state index contributed by atoms with van der Waals surface area (Å²) in [6, 6.07) is 5.38. The van der Waals surface area contributed by atoms with Gasteiger partial charge in [-0.1, -0.05) is 13.3 Å². The molecule has 2 rings (SSSR count). The summed E-state index contributed by atoms with van der Waals surface area (Å²) in [5, 5.41) is 5.89. The molecule has 0 aliphatic rings. The fraction of sp³-hybridized carbons (Fsp3) is 0.353. The fourth-order valence-electron chi connectivity index (χ4n) is 2.01. The van der Waals surface area contributed by atoms with E-state index in [1.807, 2.05) is 6.07 Å². The number of aromatic nitrogens is 2. The first-order valence-electron chi connectivity index (χ1n) is 7.77. The number of carbonyl (C=O) groups is 1. The number of carbonyl (C=O) groups excluding carboxylic acids is 1. The zero-order valence-corrected chi connectivity index (χ0v) is 14.1. The van der Waals surface area contributed by atoms with Gasteiger partial charge in [-0.3, -0.25) is 4.79 Å². The molecule has 0 fully saturated rings. The van der Waals surface area contributed by atoms with Gasteiger partial charge >= 0.3 is 0 Å². The van der Waals surface area contributed by atoms with Crippen molar-refractivity contribution in [2.45, 2.75) is 19.8 Å². The molecule has 24 heavy (non-hydrogen) atoms. The largest absolute Gasteiger partial charge is 0.497 e. The van der Waals surface area contributed by atoms with Gasteiger partial charge < -0.3 is 20.1 Å². The van der Waals surface area contributed by atoms with Gasteiger partial charge in [0, 0.05) is 25.0 Å². The summed E-state index contributed by atoms with van der Waals surface area (Å²) in [5.74, 6) is 1.51. The van der Waals surface area contributed by atoms with Crippen LogP contribution in [0.4, 0.5) is 11.6 Å². The van der Waals surface area contributed by atoms with Gasteiger partial charge in [0.05, 0.1) is 25.5 Å². The van der Waals surface area contributed by atoms with Crippen molar-refractivity contribution in [1.29, 1.82) is 0 Å². The van der Waals surface area contributed by atoms with Gasteiger partial charge in [0.2, 0.25) is 5.95 Å². The molecule has 0 spiro atoms. The zero-order chi connectivity index (χ0) is 17.4. The van der Waals surface area contributed by atoms with Gasteiger partial charge in [0.25, 0.3) is 5.91 Å². The van der Waals surface area contributed by atoms with Crippen LogP contribution in [-0.2, 0) is 0 Å². The van der Waals surface area contributed by atoms with Crippen LogP contribution in [0.1, 0.15) is 30.1 Å². The number of hydrogen-bond acceptors (Lipinski definition) is 6. The third-order valence-corrected chi connectivity index (χ3v) is 3.39. The average molecular weight is 330 g/mol. The fourth-order valence-corrected chi connectivity index (χ4v) is 2.01. The highest BCUT2D eigenvalue weighted by atomic mass is 16.5. The maximum Gasteiger partial charge on any atom is 0.254 e. The Hall–Kier alpha value is -2.83. The smallest absolute Gasteiger partial charge is 0.254 e. The van der Waals surface area contributed by atoms with E-state index in [2.05, 4.69) is 27.5 Å². The highest BCUT2D eigenvalue weighted by molar-refractivity contribution is 5.93.